The van der Waals surface area contributed by atoms with Crippen molar-refractivity contribution in [3.63, 3.8) is 0 Å². The number of hydrogen-bond acceptors (Lipinski definition) is 3. The van der Waals surface area contributed by atoms with Gasteiger partial charge in [0.1, 0.15) is 0 Å². The molecule has 1 N–H and O–H groups in total. The lowest BCUT2D eigenvalue weighted by atomic mass is 9.96. The minimum absolute atomic E-state index is 0.0242. The average molecular weight is 330 g/mol. The van der Waals surface area contributed by atoms with Crippen molar-refractivity contribution in [3.8, 4) is 0 Å². The fourth-order valence-electron chi connectivity index (χ4n) is 2.96. The summed E-state index contributed by atoms with van der Waals surface area (Å²) in [5.74, 6) is 0.139. The number of hydrogen-bond donors (Lipinski definition) is 1. The van der Waals surface area contributed by atoms with Crippen molar-refractivity contribution in [3.05, 3.63) is 59.4 Å². The van der Waals surface area contributed by atoms with Crippen molar-refractivity contribution in [2.75, 3.05) is 18.0 Å². The van der Waals surface area contributed by atoms with E-state index in [0.29, 0.717) is 11.6 Å². The molecule has 0 unspecified atom stereocenters. The van der Waals surface area contributed by atoms with Crippen LogP contribution in [0.5, 0.6) is 0 Å². The molecule has 2 aromatic rings. The largest absolute Gasteiger partial charge is 0.371 e. The highest BCUT2D eigenvalue weighted by Crippen LogP contribution is 2.22. The summed E-state index contributed by atoms with van der Waals surface area (Å²) in [6.45, 7) is 2.26. The predicted molar refractivity (Wildman–Crippen MR) is 92.5 cm³/mol. The number of piperidine rings is 1. The molecule has 1 aromatic carbocycles. The van der Waals surface area contributed by atoms with Crippen LogP contribution in [0, 0.1) is 5.92 Å². The molecule has 1 aliphatic rings. The lowest BCUT2D eigenvalue weighted by molar-refractivity contribution is -0.125. The molecule has 5 heteroatoms. The van der Waals surface area contributed by atoms with Crippen molar-refractivity contribution >= 4 is 23.2 Å². The van der Waals surface area contributed by atoms with Crippen LogP contribution in [-0.4, -0.2) is 24.0 Å². The quantitative estimate of drug-likeness (QED) is 0.936. The third-order valence-electron chi connectivity index (χ3n) is 4.18. The monoisotopic (exact) mass is 329 g/mol. The highest BCUT2D eigenvalue weighted by molar-refractivity contribution is 6.30. The van der Waals surface area contributed by atoms with Crippen LogP contribution in [0.1, 0.15) is 18.4 Å². The second kappa shape index (κ2) is 7.47. The van der Waals surface area contributed by atoms with Gasteiger partial charge in [0.05, 0.1) is 5.92 Å². The van der Waals surface area contributed by atoms with Gasteiger partial charge in [-0.3, -0.25) is 9.78 Å². The average Bonchev–Trinajstić information content (AvgIpc) is 2.61. The van der Waals surface area contributed by atoms with E-state index in [2.05, 4.69) is 15.2 Å². The maximum atomic E-state index is 12.5. The first-order valence-corrected chi connectivity index (χ1v) is 8.27. The maximum Gasteiger partial charge on any atom is 0.225 e. The Balaban J connectivity index is 1.57. The first-order chi connectivity index (χ1) is 11.2. The molecule has 1 amide bonds. The van der Waals surface area contributed by atoms with Crippen LogP contribution in [0.3, 0.4) is 0 Å². The molecule has 0 bridgehead atoms. The fraction of sp³-hybridized carbons (Fsp3) is 0.333. The number of carbonyl (C=O) groups is 1. The lowest BCUT2D eigenvalue weighted by Gasteiger charge is -2.33. The molecule has 2 heterocycles. The summed E-state index contributed by atoms with van der Waals surface area (Å²) in [7, 11) is 0. The molecule has 23 heavy (non-hydrogen) atoms. The number of rotatable bonds is 4. The summed E-state index contributed by atoms with van der Waals surface area (Å²) in [6.07, 6.45) is 5.54. The zero-order valence-corrected chi connectivity index (χ0v) is 13.7. The number of carbonyl (C=O) groups excluding carboxylic acids is 1. The van der Waals surface area contributed by atoms with Crippen LogP contribution >= 0.6 is 11.6 Å². The Morgan fingerprint density at radius 2 is 2.13 bits per heavy atom. The van der Waals surface area contributed by atoms with Gasteiger partial charge >= 0.3 is 0 Å². The molecule has 1 fully saturated rings. The number of amides is 1. The van der Waals surface area contributed by atoms with Crippen molar-refractivity contribution in [2.45, 2.75) is 19.4 Å². The number of nitrogens with zero attached hydrogens (tertiary/aromatic N) is 2. The summed E-state index contributed by atoms with van der Waals surface area (Å²) in [5.41, 5.74) is 2.15. The highest BCUT2D eigenvalue weighted by Gasteiger charge is 2.25. The van der Waals surface area contributed by atoms with Gasteiger partial charge in [-0.1, -0.05) is 23.7 Å². The maximum absolute atomic E-state index is 12.5. The zero-order chi connectivity index (χ0) is 16.1. The van der Waals surface area contributed by atoms with E-state index in [1.54, 1.807) is 12.4 Å². The Morgan fingerprint density at radius 1 is 1.30 bits per heavy atom. The Kier molecular flexibility index (Phi) is 5.13. The van der Waals surface area contributed by atoms with E-state index in [0.717, 1.165) is 37.2 Å². The molecule has 1 aliphatic heterocycles. The molecule has 4 nitrogen and oxygen atoms in total. The van der Waals surface area contributed by atoms with Gasteiger partial charge in [-0.2, -0.15) is 0 Å². The first kappa shape index (κ1) is 15.8. The minimum Gasteiger partial charge on any atom is -0.371 e. The molecular weight excluding hydrogens is 310 g/mol. The Hall–Kier alpha value is -2.07. The Morgan fingerprint density at radius 3 is 2.91 bits per heavy atom. The molecule has 0 spiro atoms. The molecule has 1 atom stereocenters. The topological polar surface area (TPSA) is 45.2 Å². The van der Waals surface area contributed by atoms with Crippen LogP contribution in [0.25, 0.3) is 0 Å². The van der Waals surface area contributed by atoms with Gasteiger partial charge in [-0.05, 0) is 42.7 Å². The summed E-state index contributed by atoms with van der Waals surface area (Å²) in [5, 5.41) is 3.72. The second-order valence-corrected chi connectivity index (χ2v) is 6.27. The van der Waals surface area contributed by atoms with Crippen LogP contribution in [0.2, 0.25) is 5.02 Å². The smallest absolute Gasteiger partial charge is 0.225 e. The second-order valence-electron chi connectivity index (χ2n) is 5.84. The van der Waals surface area contributed by atoms with Gasteiger partial charge in [0, 0.05) is 42.7 Å². The lowest BCUT2D eigenvalue weighted by Crippen LogP contribution is -2.43. The van der Waals surface area contributed by atoms with Crippen molar-refractivity contribution in [1.82, 2.24) is 10.3 Å². The Bertz CT molecular complexity index is 662. The van der Waals surface area contributed by atoms with Crippen LogP contribution in [0.4, 0.5) is 5.69 Å². The van der Waals surface area contributed by atoms with Gasteiger partial charge in [-0.15, -0.1) is 0 Å². The molecular formula is C18H20ClN3O. The van der Waals surface area contributed by atoms with Crippen LogP contribution in [0.15, 0.2) is 48.8 Å². The number of benzene rings is 1. The standard InChI is InChI=1S/C18H20ClN3O/c19-16-5-1-3-14(11-16)12-21-18(23)15-4-2-10-22(13-15)17-6-8-20-9-7-17/h1,3,5-9,11,15H,2,4,10,12-13H2,(H,21,23)/t15-/m0/s1. The summed E-state index contributed by atoms with van der Waals surface area (Å²) in [6, 6.07) is 11.6. The molecule has 0 radical (unpaired) electrons. The number of pyridine rings is 1. The predicted octanol–water partition coefficient (Wildman–Crippen LogP) is 3.27. The van der Waals surface area contributed by atoms with E-state index >= 15 is 0 Å². The fourth-order valence-corrected chi connectivity index (χ4v) is 3.17. The zero-order valence-electron chi connectivity index (χ0n) is 12.9. The van der Waals surface area contributed by atoms with E-state index in [9.17, 15) is 4.79 Å². The van der Waals surface area contributed by atoms with Crippen molar-refractivity contribution in [1.29, 1.82) is 0 Å². The van der Waals surface area contributed by atoms with Gasteiger partial charge in [0.2, 0.25) is 5.91 Å². The number of anilines is 1. The van der Waals surface area contributed by atoms with E-state index < -0.39 is 0 Å². The van der Waals surface area contributed by atoms with Crippen molar-refractivity contribution < 1.29 is 4.79 Å². The van der Waals surface area contributed by atoms with E-state index in [1.807, 2.05) is 36.4 Å². The summed E-state index contributed by atoms with van der Waals surface area (Å²) >= 11 is 5.97. The summed E-state index contributed by atoms with van der Waals surface area (Å²) in [4.78, 5) is 18.8. The number of aromatic nitrogens is 1. The minimum atomic E-state index is 0.0242. The third kappa shape index (κ3) is 4.23. The molecule has 0 aliphatic carbocycles. The number of halogens is 1. The highest BCUT2D eigenvalue weighted by atomic mass is 35.5. The SMILES string of the molecule is O=C(NCc1cccc(Cl)c1)[C@H]1CCCN(c2ccncc2)C1. The van der Waals surface area contributed by atoms with Crippen LogP contribution in [-0.2, 0) is 11.3 Å². The molecule has 120 valence electrons. The van der Waals surface area contributed by atoms with Gasteiger partial charge in [0.25, 0.3) is 0 Å². The summed E-state index contributed by atoms with van der Waals surface area (Å²) < 4.78 is 0. The number of nitrogens with one attached hydrogen (secondary N) is 1. The Labute approximate surface area is 141 Å². The van der Waals surface area contributed by atoms with Gasteiger partial charge in [-0.25, -0.2) is 0 Å². The normalized spacial score (nSPS) is 17.8. The molecule has 0 saturated carbocycles. The molecule has 3 rings (SSSR count). The molecule has 1 aromatic heterocycles. The van der Waals surface area contributed by atoms with E-state index in [4.69, 9.17) is 11.6 Å². The van der Waals surface area contributed by atoms with E-state index in [-0.39, 0.29) is 11.8 Å². The van der Waals surface area contributed by atoms with Gasteiger partial charge < -0.3 is 10.2 Å². The molecule has 1 saturated heterocycles. The first-order valence-electron chi connectivity index (χ1n) is 7.89. The third-order valence-corrected chi connectivity index (χ3v) is 4.41. The van der Waals surface area contributed by atoms with Crippen molar-refractivity contribution in [2.24, 2.45) is 5.92 Å². The van der Waals surface area contributed by atoms with Gasteiger partial charge in [0.15, 0.2) is 0 Å². The van der Waals surface area contributed by atoms with Crippen LogP contribution < -0.4 is 10.2 Å². The van der Waals surface area contributed by atoms with E-state index in [1.165, 1.54) is 0 Å².